The van der Waals surface area contributed by atoms with E-state index in [1.165, 1.54) is 0 Å². The topological polar surface area (TPSA) is 21.7 Å². The molecular weight excluding hydrogens is 1020 g/mol. The summed E-state index contributed by atoms with van der Waals surface area (Å²) >= 11 is 0. The average Bonchev–Trinajstić information content (AvgIpc) is 2.53. The third-order valence-electron chi connectivity index (χ3n) is 15.7. The molecule has 0 spiro atoms. The number of fused-ring (bicyclic) bond motifs is 6. The molecule has 11 aromatic rings. The zero-order valence-corrected chi connectivity index (χ0v) is 43.1. The molecule has 0 amide bonds. The van der Waals surface area contributed by atoms with E-state index < -0.39 is 45.7 Å². The number of rotatable bonds is 13. The van der Waals surface area contributed by atoms with Gasteiger partial charge in [-0.1, -0.05) is 153 Å². The van der Waals surface area contributed by atoms with Crippen LogP contribution in [0.5, 0.6) is 23.0 Å². The first kappa shape index (κ1) is 50.4. The Kier molecular flexibility index (Phi) is 12.4. The van der Waals surface area contributed by atoms with E-state index in [1.54, 1.807) is 36.4 Å². The fourth-order valence-electron chi connectivity index (χ4n) is 12.1. The molecule has 11 aromatic carbocycles. The van der Waals surface area contributed by atoms with E-state index in [0.717, 1.165) is 63.3 Å². The van der Waals surface area contributed by atoms with Crippen molar-refractivity contribution in [1.82, 2.24) is 0 Å². The highest BCUT2D eigenvalue weighted by atomic mass is 19.2. The number of nitrogens with zero attached hydrogens (tertiary/aromatic N) is 1. The summed E-state index contributed by atoms with van der Waals surface area (Å²) in [5.41, 5.74) is 8.43. The van der Waals surface area contributed by atoms with Crippen molar-refractivity contribution in [2.45, 2.75) is 10.8 Å². The number of anilines is 3. The average molecular weight is 1070 g/mol. The van der Waals surface area contributed by atoms with Crippen LogP contribution in [0.25, 0.3) is 34.4 Å². The minimum absolute atomic E-state index is 0.156. The SMILES string of the molecule is C=Cc1ccc(Oc2ccc(C3(c4cc(F)c(F)c(F)c4)c4ccccc4-c4ccc(N(c5ccccc5)c5ccc6c(c5)C(c5ccc(Oc7ccc(C=C)cc7)cc5)(c5cc(F)c(F)c(F)c5)c5ccccc5-6)cc43)cc2)cc1. The fourth-order valence-corrected chi connectivity index (χ4v) is 12.1. The molecule has 2 aliphatic carbocycles. The van der Waals surface area contributed by atoms with Gasteiger partial charge in [-0.15, -0.1) is 0 Å². The standard InChI is InChI=1S/C72H45F6NO2/c1-3-44-18-28-53(29-19-44)80-55-32-22-46(23-33-55)71(48-38-65(73)69(77)66(74)39-48)61-16-10-8-14-57(61)59-36-26-51(42-63(59)71)79(50-12-6-5-7-13-50)52-27-37-60-58-15-9-11-17-62(58)72(64(60)43-52,49-40-67(75)70(78)68(76)41-49)47-24-34-56(35-25-47)81-54-30-20-45(4-2)21-31-54/h3-43H,1-2H2. The van der Waals surface area contributed by atoms with E-state index in [1.807, 2.05) is 193 Å². The minimum Gasteiger partial charge on any atom is -0.457 e. The Balaban J connectivity index is 1.02. The molecule has 0 N–H and O–H groups in total. The molecule has 0 saturated carbocycles. The second-order valence-corrected chi connectivity index (χ2v) is 20.0. The van der Waals surface area contributed by atoms with Crippen LogP contribution in [-0.2, 0) is 10.8 Å². The van der Waals surface area contributed by atoms with E-state index in [9.17, 15) is 0 Å². The number of halogens is 6. The largest absolute Gasteiger partial charge is 0.457 e. The van der Waals surface area contributed by atoms with Crippen molar-refractivity contribution in [2.24, 2.45) is 0 Å². The lowest BCUT2D eigenvalue weighted by molar-refractivity contribution is 0.443. The lowest BCUT2D eigenvalue weighted by atomic mass is 9.67. The van der Waals surface area contributed by atoms with Gasteiger partial charge in [-0.25, -0.2) is 26.3 Å². The van der Waals surface area contributed by atoms with Crippen LogP contribution in [-0.4, -0.2) is 0 Å². The zero-order valence-electron chi connectivity index (χ0n) is 43.1. The highest BCUT2D eigenvalue weighted by molar-refractivity contribution is 5.92. The van der Waals surface area contributed by atoms with Gasteiger partial charge in [0.15, 0.2) is 34.9 Å². The lowest BCUT2D eigenvalue weighted by Crippen LogP contribution is -2.30. The van der Waals surface area contributed by atoms with Crippen LogP contribution in [0.3, 0.4) is 0 Å². The van der Waals surface area contributed by atoms with E-state index in [4.69, 9.17) is 9.47 Å². The van der Waals surface area contributed by atoms with Crippen molar-refractivity contribution in [3.05, 3.63) is 340 Å². The van der Waals surface area contributed by atoms with Gasteiger partial charge in [-0.3, -0.25) is 0 Å². The van der Waals surface area contributed by atoms with Crippen LogP contribution in [0.2, 0.25) is 0 Å². The second-order valence-electron chi connectivity index (χ2n) is 20.0. The molecule has 0 fully saturated rings. The Bertz CT molecular complexity index is 3970. The number of hydrogen-bond acceptors (Lipinski definition) is 3. The van der Waals surface area contributed by atoms with Gasteiger partial charge >= 0.3 is 0 Å². The Labute approximate surface area is 464 Å². The first-order valence-electron chi connectivity index (χ1n) is 26.2. The molecular formula is C72H45F6NO2. The molecule has 3 nitrogen and oxygen atoms in total. The summed E-state index contributed by atoms with van der Waals surface area (Å²) in [6.45, 7) is 7.67. The van der Waals surface area contributed by atoms with Crippen molar-refractivity contribution in [3.63, 3.8) is 0 Å². The summed E-state index contributed by atoms with van der Waals surface area (Å²) in [5, 5.41) is 0. The number of benzene rings is 11. The molecule has 13 rings (SSSR count). The molecule has 0 bridgehead atoms. The van der Waals surface area contributed by atoms with E-state index in [2.05, 4.69) is 13.2 Å². The van der Waals surface area contributed by atoms with Crippen molar-refractivity contribution >= 4 is 29.2 Å². The normalized spacial score (nSPS) is 15.5. The summed E-state index contributed by atoms with van der Waals surface area (Å²) < 4.78 is 107. The maximum Gasteiger partial charge on any atom is 0.194 e. The number of para-hydroxylation sites is 1. The predicted octanol–water partition coefficient (Wildman–Crippen LogP) is 19.6. The second kappa shape index (κ2) is 20.0. The summed E-state index contributed by atoms with van der Waals surface area (Å²) in [7, 11) is 0. The van der Waals surface area contributed by atoms with Gasteiger partial charge in [0.1, 0.15) is 23.0 Å². The van der Waals surface area contributed by atoms with Crippen molar-refractivity contribution in [1.29, 1.82) is 0 Å². The maximum absolute atomic E-state index is 15.9. The predicted molar refractivity (Wildman–Crippen MR) is 309 cm³/mol. The summed E-state index contributed by atoms with van der Waals surface area (Å²) in [5.74, 6) is -6.35. The third kappa shape index (κ3) is 8.22. The van der Waals surface area contributed by atoms with Gasteiger partial charge in [0.25, 0.3) is 0 Å². The smallest absolute Gasteiger partial charge is 0.194 e. The van der Waals surface area contributed by atoms with E-state index in [0.29, 0.717) is 67.8 Å². The third-order valence-corrected chi connectivity index (χ3v) is 15.7. The Morgan fingerprint density at radius 2 is 0.642 bits per heavy atom. The molecule has 392 valence electrons. The molecule has 0 aliphatic heterocycles. The van der Waals surface area contributed by atoms with E-state index in [-0.39, 0.29) is 11.1 Å². The molecule has 2 aliphatic rings. The number of hydrogen-bond donors (Lipinski definition) is 0. The summed E-state index contributed by atoms with van der Waals surface area (Å²) in [6.07, 6.45) is 3.48. The molecule has 0 aromatic heterocycles. The van der Waals surface area contributed by atoms with Crippen LogP contribution in [0.15, 0.2) is 250 Å². The van der Waals surface area contributed by atoms with E-state index >= 15 is 26.3 Å². The molecule has 9 heteroatoms. The van der Waals surface area contributed by atoms with Gasteiger partial charge < -0.3 is 14.4 Å². The van der Waals surface area contributed by atoms with Crippen LogP contribution in [0, 0.1) is 34.9 Å². The van der Waals surface area contributed by atoms with Crippen LogP contribution in [0.4, 0.5) is 43.4 Å². The molecule has 0 saturated heterocycles. The van der Waals surface area contributed by atoms with Gasteiger partial charge in [-0.2, -0.15) is 0 Å². The monoisotopic (exact) mass is 1070 g/mol. The van der Waals surface area contributed by atoms with Gasteiger partial charge in [0.2, 0.25) is 0 Å². The molecule has 2 unspecified atom stereocenters. The first-order chi connectivity index (χ1) is 39.5. The highest BCUT2D eigenvalue weighted by Gasteiger charge is 2.49. The summed E-state index contributed by atoms with van der Waals surface area (Å²) in [4.78, 5) is 2.04. The van der Waals surface area contributed by atoms with Crippen LogP contribution in [0.1, 0.15) is 55.6 Å². The Morgan fingerprint density at radius 1 is 0.309 bits per heavy atom. The van der Waals surface area contributed by atoms with Crippen molar-refractivity contribution < 1.29 is 35.8 Å². The molecule has 0 radical (unpaired) electrons. The van der Waals surface area contributed by atoms with Gasteiger partial charge in [0, 0.05) is 17.1 Å². The highest BCUT2D eigenvalue weighted by Crippen LogP contribution is 2.60. The first-order valence-corrected chi connectivity index (χ1v) is 26.2. The Morgan fingerprint density at radius 3 is 1.01 bits per heavy atom. The fraction of sp³-hybridized carbons (Fsp3) is 0.0278. The zero-order chi connectivity index (χ0) is 55.6. The number of ether oxygens (including phenoxy) is 2. The van der Waals surface area contributed by atoms with Crippen molar-refractivity contribution in [2.75, 3.05) is 4.90 Å². The maximum atomic E-state index is 15.9. The van der Waals surface area contributed by atoms with Crippen LogP contribution >= 0.6 is 0 Å². The van der Waals surface area contributed by atoms with Crippen LogP contribution < -0.4 is 14.4 Å². The van der Waals surface area contributed by atoms with Gasteiger partial charge in [-0.05, 0) is 187 Å². The summed E-state index contributed by atoms with van der Waals surface area (Å²) in [6, 6.07) is 70.6. The molecule has 0 heterocycles. The van der Waals surface area contributed by atoms with Crippen molar-refractivity contribution in [3.8, 4) is 45.3 Å². The molecule has 81 heavy (non-hydrogen) atoms. The van der Waals surface area contributed by atoms with Gasteiger partial charge in [0.05, 0.1) is 10.8 Å². The quantitative estimate of drug-likeness (QED) is 0.0848. The lowest BCUT2D eigenvalue weighted by Gasteiger charge is -2.36. The minimum atomic E-state index is -1.59. The molecule has 2 atom stereocenters. The Hall–Kier alpha value is -10.1.